The Hall–Kier alpha value is -3.21. The van der Waals surface area contributed by atoms with Crippen molar-refractivity contribution in [3.05, 3.63) is 78.4 Å². The first-order valence-electron chi connectivity index (χ1n) is 7.22. The molecule has 0 fully saturated rings. The van der Waals surface area contributed by atoms with E-state index in [4.69, 9.17) is 0 Å². The van der Waals surface area contributed by atoms with Crippen LogP contribution in [0.1, 0.15) is 16.1 Å². The van der Waals surface area contributed by atoms with Gasteiger partial charge < -0.3 is 10.6 Å². The van der Waals surface area contributed by atoms with Crippen molar-refractivity contribution in [1.82, 2.24) is 9.97 Å². The fourth-order valence-electron chi connectivity index (χ4n) is 2.10. The maximum Gasteiger partial charge on any atom is 0.275 e. The predicted octanol–water partition coefficient (Wildman–Crippen LogP) is 3.78. The molecule has 2 aromatic carbocycles. The monoisotopic (exact) mass is 304 g/mol. The molecular formula is C18H16N4O. The number of hydrogen-bond acceptors (Lipinski definition) is 4. The number of para-hydroxylation sites is 2. The number of nitrogens with zero attached hydrogens (tertiary/aromatic N) is 2. The Kier molecular flexibility index (Phi) is 4.29. The topological polar surface area (TPSA) is 66.9 Å². The Morgan fingerprint density at radius 1 is 0.957 bits per heavy atom. The van der Waals surface area contributed by atoms with E-state index in [9.17, 15) is 4.79 Å². The molecule has 0 aliphatic rings. The lowest BCUT2D eigenvalue weighted by molar-refractivity contribution is 0.102. The summed E-state index contributed by atoms with van der Waals surface area (Å²) in [5.74, 6) is -0.295. The molecule has 0 unspecified atom stereocenters. The molecule has 1 aromatic heterocycles. The first-order valence-corrected chi connectivity index (χ1v) is 7.22. The fourth-order valence-corrected chi connectivity index (χ4v) is 2.10. The van der Waals surface area contributed by atoms with Crippen LogP contribution in [0, 0.1) is 6.92 Å². The molecule has 3 rings (SSSR count). The SMILES string of the molecule is Cc1ccc(Nc2ccccc2NC(=O)c2cnccn2)cc1. The van der Waals surface area contributed by atoms with Crippen LogP contribution in [0.4, 0.5) is 17.1 Å². The van der Waals surface area contributed by atoms with E-state index >= 15 is 0 Å². The van der Waals surface area contributed by atoms with Crippen LogP contribution in [0.2, 0.25) is 0 Å². The van der Waals surface area contributed by atoms with E-state index in [1.165, 1.54) is 24.2 Å². The number of nitrogens with one attached hydrogen (secondary N) is 2. The minimum atomic E-state index is -0.295. The first-order chi connectivity index (χ1) is 11.2. The third-order valence-corrected chi connectivity index (χ3v) is 3.30. The Labute approximate surface area is 134 Å². The number of anilines is 3. The number of amides is 1. The molecule has 5 heteroatoms. The highest BCUT2D eigenvalue weighted by molar-refractivity contribution is 6.04. The normalized spacial score (nSPS) is 10.1. The molecule has 0 saturated heterocycles. The second-order valence-electron chi connectivity index (χ2n) is 5.08. The van der Waals surface area contributed by atoms with Crippen LogP contribution in [-0.4, -0.2) is 15.9 Å². The van der Waals surface area contributed by atoms with Gasteiger partial charge >= 0.3 is 0 Å². The molecule has 2 N–H and O–H groups in total. The van der Waals surface area contributed by atoms with Gasteiger partial charge in [-0.25, -0.2) is 4.98 Å². The number of benzene rings is 2. The van der Waals surface area contributed by atoms with E-state index in [2.05, 4.69) is 20.6 Å². The van der Waals surface area contributed by atoms with Gasteiger partial charge in [0.1, 0.15) is 5.69 Å². The largest absolute Gasteiger partial charge is 0.354 e. The van der Waals surface area contributed by atoms with Gasteiger partial charge in [0.15, 0.2) is 0 Å². The second kappa shape index (κ2) is 6.70. The van der Waals surface area contributed by atoms with Crippen molar-refractivity contribution in [2.75, 3.05) is 10.6 Å². The molecule has 23 heavy (non-hydrogen) atoms. The third-order valence-electron chi connectivity index (χ3n) is 3.30. The molecule has 0 atom stereocenters. The molecule has 0 aliphatic carbocycles. The number of carbonyl (C=O) groups excluding carboxylic acids is 1. The smallest absolute Gasteiger partial charge is 0.275 e. The molecule has 0 bridgehead atoms. The maximum atomic E-state index is 12.2. The molecule has 114 valence electrons. The molecule has 5 nitrogen and oxygen atoms in total. The minimum Gasteiger partial charge on any atom is -0.354 e. The van der Waals surface area contributed by atoms with Gasteiger partial charge in [-0.1, -0.05) is 29.8 Å². The van der Waals surface area contributed by atoms with E-state index in [0.29, 0.717) is 5.69 Å². The number of carbonyl (C=O) groups is 1. The Balaban J connectivity index is 1.80. The predicted molar refractivity (Wildman–Crippen MR) is 90.9 cm³/mol. The zero-order chi connectivity index (χ0) is 16.1. The molecule has 0 saturated carbocycles. The summed E-state index contributed by atoms with van der Waals surface area (Å²) in [6.45, 7) is 2.04. The molecule has 3 aromatic rings. The van der Waals surface area contributed by atoms with Gasteiger partial charge in [0.05, 0.1) is 17.6 Å². The van der Waals surface area contributed by atoms with Crippen molar-refractivity contribution < 1.29 is 4.79 Å². The van der Waals surface area contributed by atoms with Crippen molar-refractivity contribution in [2.24, 2.45) is 0 Å². The van der Waals surface area contributed by atoms with E-state index in [-0.39, 0.29) is 11.6 Å². The molecule has 0 radical (unpaired) electrons. The number of rotatable bonds is 4. The van der Waals surface area contributed by atoms with Crippen LogP contribution in [0.25, 0.3) is 0 Å². The van der Waals surface area contributed by atoms with E-state index in [1.54, 1.807) is 0 Å². The molecule has 1 amide bonds. The van der Waals surface area contributed by atoms with Crippen molar-refractivity contribution in [3.8, 4) is 0 Å². The average Bonchev–Trinajstić information content (AvgIpc) is 2.59. The maximum absolute atomic E-state index is 12.2. The summed E-state index contributed by atoms with van der Waals surface area (Å²) in [6, 6.07) is 15.6. The van der Waals surface area contributed by atoms with Crippen LogP contribution >= 0.6 is 0 Å². The zero-order valence-electron chi connectivity index (χ0n) is 12.7. The van der Waals surface area contributed by atoms with Crippen molar-refractivity contribution in [1.29, 1.82) is 0 Å². The Morgan fingerprint density at radius 2 is 1.70 bits per heavy atom. The highest BCUT2D eigenvalue weighted by Crippen LogP contribution is 2.25. The standard InChI is InChI=1S/C18H16N4O/c1-13-6-8-14(9-7-13)21-15-4-2-3-5-16(15)22-18(23)17-12-19-10-11-20-17/h2-12,21H,1H3,(H,22,23). The van der Waals surface area contributed by atoms with Gasteiger partial charge in [-0.3, -0.25) is 9.78 Å². The van der Waals surface area contributed by atoms with Crippen LogP contribution in [-0.2, 0) is 0 Å². The third kappa shape index (κ3) is 3.71. The highest BCUT2D eigenvalue weighted by atomic mass is 16.1. The van der Waals surface area contributed by atoms with Crippen molar-refractivity contribution >= 4 is 23.0 Å². The van der Waals surface area contributed by atoms with Gasteiger partial charge in [0.2, 0.25) is 0 Å². The summed E-state index contributed by atoms with van der Waals surface area (Å²) in [4.78, 5) is 20.1. The summed E-state index contributed by atoms with van der Waals surface area (Å²) in [5, 5.41) is 6.16. The van der Waals surface area contributed by atoms with Gasteiger partial charge in [-0.05, 0) is 31.2 Å². The number of hydrogen-bond donors (Lipinski definition) is 2. The van der Waals surface area contributed by atoms with Crippen LogP contribution in [0.5, 0.6) is 0 Å². The minimum absolute atomic E-state index is 0.276. The van der Waals surface area contributed by atoms with Gasteiger partial charge in [0, 0.05) is 18.1 Å². The van der Waals surface area contributed by atoms with Crippen LogP contribution in [0.15, 0.2) is 67.1 Å². The van der Waals surface area contributed by atoms with Crippen molar-refractivity contribution in [2.45, 2.75) is 6.92 Å². The summed E-state index contributed by atoms with van der Waals surface area (Å²) in [6.07, 6.45) is 4.46. The Morgan fingerprint density at radius 3 is 2.39 bits per heavy atom. The fraction of sp³-hybridized carbons (Fsp3) is 0.0556. The molecule has 0 spiro atoms. The van der Waals surface area contributed by atoms with E-state index < -0.39 is 0 Å². The summed E-state index contributed by atoms with van der Waals surface area (Å²) < 4.78 is 0. The lowest BCUT2D eigenvalue weighted by atomic mass is 10.2. The van der Waals surface area contributed by atoms with Gasteiger partial charge in [0.25, 0.3) is 5.91 Å². The number of aryl methyl sites for hydroxylation is 1. The molecule has 1 heterocycles. The first kappa shape index (κ1) is 14.7. The summed E-state index contributed by atoms with van der Waals surface area (Å²) in [5.41, 5.74) is 3.92. The zero-order valence-corrected chi connectivity index (χ0v) is 12.7. The molecular weight excluding hydrogens is 288 g/mol. The van der Waals surface area contributed by atoms with E-state index in [0.717, 1.165) is 11.4 Å². The molecule has 0 aliphatic heterocycles. The summed E-state index contributed by atoms with van der Waals surface area (Å²) in [7, 11) is 0. The average molecular weight is 304 g/mol. The number of aromatic nitrogens is 2. The van der Waals surface area contributed by atoms with Crippen molar-refractivity contribution in [3.63, 3.8) is 0 Å². The van der Waals surface area contributed by atoms with E-state index in [1.807, 2.05) is 55.5 Å². The quantitative estimate of drug-likeness (QED) is 0.769. The second-order valence-corrected chi connectivity index (χ2v) is 5.08. The summed E-state index contributed by atoms with van der Waals surface area (Å²) >= 11 is 0. The lowest BCUT2D eigenvalue weighted by Gasteiger charge is -2.13. The lowest BCUT2D eigenvalue weighted by Crippen LogP contribution is -2.14. The van der Waals surface area contributed by atoms with Gasteiger partial charge in [-0.2, -0.15) is 0 Å². The highest BCUT2D eigenvalue weighted by Gasteiger charge is 2.10. The van der Waals surface area contributed by atoms with Crippen LogP contribution in [0.3, 0.4) is 0 Å². The van der Waals surface area contributed by atoms with Crippen LogP contribution < -0.4 is 10.6 Å². The Bertz CT molecular complexity index is 801. The van der Waals surface area contributed by atoms with Gasteiger partial charge in [-0.15, -0.1) is 0 Å².